The van der Waals surface area contributed by atoms with Gasteiger partial charge in [-0.25, -0.2) is 0 Å². The zero-order valence-corrected chi connectivity index (χ0v) is 11.8. The maximum Gasteiger partial charge on any atom is 0.142 e. The van der Waals surface area contributed by atoms with Crippen LogP contribution >= 0.6 is 0 Å². The van der Waals surface area contributed by atoms with Gasteiger partial charge in [-0.3, -0.25) is 0 Å². The molecule has 21 heavy (non-hydrogen) atoms. The number of benzene rings is 2. The normalized spacial score (nSPS) is 10.3. The molecule has 1 aromatic heterocycles. The summed E-state index contributed by atoms with van der Waals surface area (Å²) in [5.74, 6) is 0.839. The Bertz CT molecular complexity index is 690. The highest BCUT2D eigenvalue weighted by atomic mass is 16.7. The molecule has 0 aliphatic rings. The number of nitrogens with zero attached hydrogens (tertiary/aromatic N) is 2. The molecule has 0 fully saturated rings. The minimum atomic E-state index is 0.491. The van der Waals surface area contributed by atoms with Crippen molar-refractivity contribution in [3.8, 4) is 16.9 Å². The van der Waals surface area contributed by atoms with E-state index in [0.29, 0.717) is 6.61 Å². The number of ether oxygens (including phenoxy) is 1. The molecule has 0 unspecified atom stereocenters. The van der Waals surface area contributed by atoms with Gasteiger partial charge in [-0.05, 0) is 23.3 Å². The Labute approximate surface area is 123 Å². The van der Waals surface area contributed by atoms with E-state index in [1.807, 2.05) is 60.8 Å². The Kier molecular flexibility index (Phi) is 3.87. The molecule has 0 atom stereocenters. The van der Waals surface area contributed by atoms with Crippen molar-refractivity contribution < 1.29 is 9.57 Å². The van der Waals surface area contributed by atoms with Crippen molar-refractivity contribution in [3.05, 3.63) is 72.6 Å². The SMILES string of the molecule is COc1ccc(-c2cnn(OCc3ccccc3)c2)cc1. The molecule has 0 saturated heterocycles. The van der Waals surface area contributed by atoms with Crippen molar-refractivity contribution in [1.29, 1.82) is 0 Å². The summed E-state index contributed by atoms with van der Waals surface area (Å²) in [5.41, 5.74) is 3.19. The smallest absolute Gasteiger partial charge is 0.142 e. The molecule has 4 nitrogen and oxygen atoms in total. The lowest BCUT2D eigenvalue weighted by Gasteiger charge is -2.04. The molecular formula is C17H16N2O2. The third-order valence-corrected chi connectivity index (χ3v) is 3.19. The van der Waals surface area contributed by atoms with Crippen molar-refractivity contribution in [3.63, 3.8) is 0 Å². The maximum atomic E-state index is 5.62. The van der Waals surface area contributed by atoms with Gasteiger partial charge in [-0.2, -0.15) is 0 Å². The molecule has 0 amide bonds. The summed E-state index contributed by atoms with van der Waals surface area (Å²) in [7, 11) is 1.66. The van der Waals surface area contributed by atoms with E-state index >= 15 is 0 Å². The topological polar surface area (TPSA) is 36.3 Å². The quantitative estimate of drug-likeness (QED) is 0.720. The average Bonchev–Trinajstić information content (AvgIpc) is 3.03. The fourth-order valence-electron chi connectivity index (χ4n) is 2.02. The van der Waals surface area contributed by atoms with Gasteiger partial charge in [-0.1, -0.05) is 42.5 Å². The van der Waals surface area contributed by atoms with E-state index in [1.54, 1.807) is 13.3 Å². The van der Waals surface area contributed by atoms with E-state index in [4.69, 9.17) is 9.57 Å². The highest BCUT2D eigenvalue weighted by Gasteiger charge is 2.03. The van der Waals surface area contributed by atoms with E-state index < -0.39 is 0 Å². The predicted octanol–water partition coefficient (Wildman–Crippen LogP) is 3.19. The summed E-state index contributed by atoms with van der Waals surface area (Å²) in [6.07, 6.45) is 3.65. The lowest BCUT2D eigenvalue weighted by Crippen LogP contribution is -2.11. The van der Waals surface area contributed by atoms with Gasteiger partial charge in [0, 0.05) is 5.56 Å². The molecule has 0 spiro atoms. The average molecular weight is 280 g/mol. The summed E-state index contributed by atoms with van der Waals surface area (Å²) in [4.78, 5) is 7.11. The van der Waals surface area contributed by atoms with E-state index in [2.05, 4.69) is 5.10 Å². The van der Waals surface area contributed by atoms with Crippen molar-refractivity contribution in [2.45, 2.75) is 6.61 Å². The van der Waals surface area contributed by atoms with Gasteiger partial charge >= 0.3 is 0 Å². The molecule has 2 aromatic carbocycles. The van der Waals surface area contributed by atoms with Crippen LogP contribution in [0.1, 0.15) is 5.56 Å². The fraction of sp³-hybridized carbons (Fsp3) is 0.118. The minimum absolute atomic E-state index is 0.491. The maximum absolute atomic E-state index is 5.62. The van der Waals surface area contributed by atoms with Crippen LogP contribution in [0.25, 0.3) is 11.1 Å². The lowest BCUT2D eigenvalue weighted by atomic mass is 10.1. The first-order chi connectivity index (χ1) is 10.3. The Balaban J connectivity index is 1.68. The molecule has 3 rings (SSSR count). The van der Waals surface area contributed by atoms with Gasteiger partial charge in [0.05, 0.1) is 19.5 Å². The van der Waals surface area contributed by atoms with Crippen LogP contribution in [0.4, 0.5) is 0 Å². The molecule has 4 heteroatoms. The second-order valence-corrected chi connectivity index (χ2v) is 4.62. The van der Waals surface area contributed by atoms with Crippen LogP contribution in [0, 0.1) is 0 Å². The summed E-state index contributed by atoms with van der Waals surface area (Å²) >= 11 is 0. The molecule has 0 radical (unpaired) electrons. The predicted molar refractivity (Wildman–Crippen MR) is 80.9 cm³/mol. The summed E-state index contributed by atoms with van der Waals surface area (Å²) in [6.45, 7) is 0.491. The molecule has 0 saturated carbocycles. The largest absolute Gasteiger partial charge is 0.497 e. The molecule has 106 valence electrons. The summed E-state index contributed by atoms with van der Waals surface area (Å²) in [6, 6.07) is 17.9. The van der Waals surface area contributed by atoms with Gasteiger partial charge in [0.1, 0.15) is 12.4 Å². The Hall–Kier alpha value is -2.75. The number of rotatable bonds is 5. The number of hydrogen-bond donors (Lipinski definition) is 0. The van der Waals surface area contributed by atoms with Gasteiger partial charge in [0.2, 0.25) is 0 Å². The van der Waals surface area contributed by atoms with E-state index in [1.165, 1.54) is 4.85 Å². The molecule has 0 aliphatic carbocycles. The number of methoxy groups -OCH3 is 1. The van der Waals surface area contributed by atoms with E-state index in [9.17, 15) is 0 Å². The Morgan fingerprint density at radius 3 is 2.43 bits per heavy atom. The van der Waals surface area contributed by atoms with Crippen LogP contribution in [-0.2, 0) is 6.61 Å². The molecule has 0 N–H and O–H groups in total. The Morgan fingerprint density at radius 1 is 0.952 bits per heavy atom. The zero-order chi connectivity index (χ0) is 14.5. The monoisotopic (exact) mass is 280 g/mol. The third-order valence-electron chi connectivity index (χ3n) is 3.19. The van der Waals surface area contributed by atoms with E-state index in [-0.39, 0.29) is 0 Å². The van der Waals surface area contributed by atoms with Crippen molar-refractivity contribution in [1.82, 2.24) is 9.94 Å². The molecule has 0 bridgehead atoms. The zero-order valence-electron chi connectivity index (χ0n) is 11.8. The lowest BCUT2D eigenvalue weighted by molar-refractivity contribution is 0.0701. The standard InChI is InChI=1S/C17H16N2O2/c1-20-17-9-7-15(8-10-17)16-11-18-19(12-16)21-13-14-5-3-2-4-6-14/h2-12H,13H2,1H3. The van der Waals surface area contributed by atoms with Crippen LogP contribution in [0.5, 0.6) is 5.75 Å². The van der Waals surface area contributed by atoms with Crippen LogP contribution in [0.15, 0.2) is 67.0 Å². The molecule has 0 aliphatic heterocycles. The number of hydrogen-bond acceptors (Lipinski definition) is 3. The highest BCUT2D eigenvalue weighted by Crippen LogP contribution is 2.21. The summed E-state index contributed by atoms with van der Waals surface area (Å²) in [5, 5.41) is 4.21. The summed E-state index contributed by atoms with van der Waals surface area (Å²) < 4.78 is 5.15. The molecule has 1 heterocycles. The van der Waals surface area contributed by atoms with Crippen molar-refractivity contribution in [2.75, 3.05) is 7.11 Å². The van der Waals surface area contributed by atoms with Gasteiger partial charge in [0.15, 0.2) is 0 Å². The number of aromatic nitrogens is 2. The van der Waals surface area contributed by atoms with E-state index in [0.717, 1.165) is 22.4 Å². The van der Waals surface area contributed by atoms with Crippen molar-refractivity contribution >= 4 is 0 Å². The first-order valence-electron chi connectivity index (χ1n) is 6.71. The fourth-order valence-corrected chi connectivity index (χ4v) is 2.02. The van der Waals surface area contributed by atoms with Crippen molar-refractivity contribution in [2.24, 2.45) is 0 Å². The van der Waals surface area contributed by atoms with Gasteiger partial charge < -0.3 is 9.57 Å². The first kappa shape index (κ1) is 13.2. The molecule has 3 aromatic rings. The highest BCUT2D eigenvalue weighted by molar-refractivity contribution is 5.62. The first-order valence-corrected chi connectivity index (χ1v) is 6.71. The van der Waals surface area contributed by atoms with Gasteiger partial charge in [-0.15, -0.1) is 9.94 Å². The second-order valence-electron chi connectivity index (χ2n) is 4.62. The van der Waals surface area contributed by atoms with Crippen LogP contribution in [-0.4, -0.2) is 17.1 Å². The van der Waals surface area contributed by atoms with Crippen LogP contribution < -0.4 is 9.57 Å². The van der Waals surface area contributed by atoms with Gasteiger partial charge in [0.25, 0.3) is 0 Å². The molecular weight excluding hydrogens is 264 g/mol. The Morgan fingerprint density at radius 2 is 1.71 bits per heavy atom. The minimum Gasteiger partial charge on any atom is -0.497 e. The van der Waals surface area contributed by atoms with Crippen LogP contribution in [0.3, 0.4) is 0 Å². The second kappa shape index (κ2) is 6.13. The van der Waals surface area contributed by atoms with Crippen LogP contribution in [0.2, 0.25) is 0 Å². The third kappa shape index (κ3) is 3.23.